The van der Waals surface area contributed by atoms with Gasteiger partial charge in [-0.3, -0.25) is 0 Å². The van der Waals surface area contributed by atoms with Gasteiger partial charge in [0, 0.05) is 19.1 Å². The third-order valence-electron chi connectivity index (χ3n) is 3.09. The van der Waals surface area contributed by atoms with Crippen LogP contribution in [0.1, 0.15) is 27.7 Å². The molecule has 0 aliphatic carbocycles. The van der Waals surface area contributed by atoms with E-state index in [4.69, 9.17) is 9.84 Å². The van der Waals surface area contributed by atoms with Gasteiger partial charge in [0.05, 0.1) is 13.2 Å². The second-order valence-electron chi connectivity index (χ2n) is 5.54. The molecule has 1 aliphatic heterocycles. The third-order valence-corrected chi connectivity index (χ3v) is 3.09. The van der Waals surface area contributed by atoms with Crippen molar-refractivity contribution in [3.8, 4) is 0 Å². The Morgan fingerprint density at radius 3 is 2.47 bits per heavy atom. The fourth-order valence-electron chi connectivity index (χ4n) is 2.11. The van der Waals surface area contributed by atoms with E-state index in [1.54, 1.807) is 4.90 Å². The molecule has 0 aromatic heterocycles. The van der Waals surface area contributed by atoms with E-state index in [9.17, 15) is 9.59 Å². The number of nitrogens with zero attached hydrogens (tertiary/aromatic N) is 2. The Morgan fingerprint density at radius 2 is 2.00 bits per heavy atom. The Bertz CT molecular complexity index is 331. The lowest BCUT2D eigenvalue weighted by molar-refractivity contribution is -0.147. The van der Waals surface area contributed by atoms with E-state index in [0.29, 0.717) is 25.6 Å². The molecule has 1 saturated heterocycles. The molecule has 110 valence electrons. The molecular formula is C13H24N2O4. The fraction of sp³-hybridized carbons (Fsp3) is 0.846. The van der Waals surface area contributed by atoms with E-state index in [1.165, 1.54) is 4.90 Å². The van der Waals surface area contributed by atoms with Crippen molar-refractivity contribution in [1.82, 2.24) is 9.80 Å². The highest BCUT2D eigenvalue weighted by atomic mass is 16.5. The zero-order valence-electron chi connectivity index (χ0n) is 12.1. The van der Waals surface area contributed by atoms with Gasteiger partial charge in [0.1, 0.15) is 0 Å². The van der Waals surface area contributed by atoms with Crippen LogP contribution >= 0.6 is 0 Å². The van der Waals surface area contributed by atoms with E-state index < -0.39 is 12.0 Å². The number of rotatable bonds is 4. The van der Waals surface area contributed by atoms with Crippen molar-refractivity contribution in [3.63, 3.8) is 0 Å². The van der Waals surface area contributed by atoms with Crippen LogP contribution < -0.4 is 0 Å². The van der Waals surface area contributed by atoms with Gasteiger partial charge in [0.25, 0.3) is 0 Å². The molecular weight excluding hydrogens is 248 g/mol. The summed E-state index contributed by atoms with van der Waals surface area (Å²) in [6, 6.07) is -1.04. The lowest BCUT2D eigenvalue weighted by Gasteiger charge is -2.39. The highest BCUT2D eigenvalue weighted by Crippen LogP contribution is 2.14. The zero-order valence-corrected chi connectivity index (χ0v) is 12.1. The summed E-state index contributed by atoms with van der Waals surface area (Å²) in [4.78, 5) is 26.9. The maximum Gasteiger partial charge on any atom is 0.328 e. The number of carboxylic acids is 1. The second-order valence-corrected chi connectivity index (χ2v) is 5.54. The van der Waals surface area contributed by atoms with Crippen LogP contribution in [0.5, 0.6) is 0 Å². The lowest BCUT2D eigenvalue weighted by Crippen LogP contribution is -2.58. The quantitative estimate of drug-likeness (QED) is 0.836. The van der Waals surface area contributed by atoms with Crippen LogP contribution in [0.4, 0.5) is 4.79 Å². The number of carbonyl (C=O) groups is 2. The fourth-order valence-corrected chi connectivity index (χ4v) is 2.11. The van der Waals surface area contributed by atoms with Gasteiger partial charge in [-0.15, -0.1) is 0 Å². The minimum atomic E-state index is -1.01. The van der Waals surface area contributed by atoms with Crippen LogP contribution in [0.25, 0.3) is 0 Å². The molecule has 19 heavy (non-hydrogen) atoms. The van der Waals surface area contributed by atoms with Gasteiger partial charge in [0.2, 0.25) is 0 Å². The SMILES string of the molecule is CC(C)CN(C(=O)N1CCOCC1C(=O)O)C(C)C. The van der Waals surface area contributed by atoms with Crippen molar-refractivity contribution < 1.29 is 19.4 Å². The smallest absolute Gasteiger partial charge is 0.328 e. The maximum absolute atomic E-state index is 12.5. The summed E-state index contributed by atoms with van der Waals surface area (Å²) in [6.07, 6.45) is 0. The molecule has 0 aromatic carbocycles. The first-order valence-corrected chi connectivity index (χ1v) is 6.72. The average Bonchev–Trinajstić information content (AvgIpc) is 2.34. The molecule has 1 fully saturated rings. The Balaban J connectivity index is 2.84. The molecule has 6 nitrogen and oxygen atoms in total. The van der Waals surface area contributed by atoms with Crippen LogP contribution in [-0.2, 0) is 9.53 Å². The van der Waals surface area contributed by atoms with Crippen LogP contribution in [0, 0.1) is 5.92 Å². The summed E-state index contributed by atoms with van der Waals surface area (Å²) in [5.41, 5.74) is 0. The summed E-state index contributed by atoms with van der Waals surface area (Å²) >= 11 is 0. The maximum atomic E-state index is 12.5. The standard InChI is InChI=1S/C13H24N2O4/c1-9(2)7-15(10(3)4)13(18)14-5-6-19-8-11(14)12(16)17/h9-11H,5-8H2,1-4H3,(H,16,17). The van der Waals surface area contributed by atoms with E-state index in [1.807, 2.05) is 27.7 Å². The van der Waals surface area contributed by atoms with E-state index in [0.717, 1.165) is 0 Å². The van der Waals surface area contributed by atoms with Crippen LogP contribution in [0.2, 0.25) is 0 Å². The van der Waals surface area contributed by atoms with E-state index in [2.05, 4.69) is 0 Å². The summed E-state index contributed by atoms with van der Waals surface area (Å²) in [5.74, 6) is -0.669. The molecule has 0 radical (unpaired) electrons. The molecule has 1 rings (SSSR count). The first-order chi connectivity index (χ1) is 8.84. The number of carboxylic acid groups (broad SMARTS) is 1. The number of aliphatic carboxylic acids is 1. The van der Waals surface area contributed by atoms with Crippen molar-refractivity contribution >= 4 is 12.0 Å². The molecule has 0 bridgehead atoms. The third kappa shape index (κ3) is 4.09. The molecule has 0 aromatic rings. The van der Waals surface area contributed by atoms with Gasteiger partial charge in [-0.2, -0.15) is 0 Å². The van der Waals surface area contributed by atoms with Crippen molar-refractivity contribution in [1.29, 1.82) is 0 Å². The normalized spacial score (nSPS) is 19.9. The number of hydrogen-bond acceptors (Lipinski definition) is 3. The minimum absolute atomic E-state index is 0.0483. The zero-order chi connectivity index (χ0) is 14.6. The van der Waals surface area contributed by atoms with E-state index in [-0.39, 0.29) is 18.7 Å². The van der Waals surface area contributed by atoms with Crippen LogP contribution in [0.15, 0.2) is 0 Å². The molecule has 1 atom stereocenters. The van der Waals surface area contributed by atoms with Crippen molar-refractivity contribution in [2.75, 3.05) is 26.3 Å². The second kappa shape index (κ2) is 6.75. The van der Waals surface area contributed by atoms with Gasteiger partial charge in [-0.25, -0.2) is 9.59 Å². The first kappa shape index (κ1) is 15.8. The Kier molecular flexibility index (Phi) is 5.60. The summed E-state index contributed by atoms with van der Waals surface area (Å²) < 4.78 is 5.15. The molecule has 6 heteroatoms. The first-order valence-electron chi connectivity index (χ1n) is 6.72. The number of morpholine rings is 1. The Hall–Kier alpha value is -1.30. The van der Waals surface area contributed by atoms with E-state index >= 15 is 0 Å². The molecule has 0 saturated carbocycles. The number of ether oxygens (including phenoxy) is 1. The van der Waals surface area contributed by atoms with Crippen LogP contribution in [0.3, 0.4) is 0 Å². The van der Waals surface area contributed by atoms with Gasteiger partial charge in [0.15, 0.2) is 6.04 Å². The molecule has 1 unspecified atom stereocenters. The van der Waals surface area contributed by atoms with Crippen molar-refractivity contribution in [2.24, 2.45) is 5.92 Å². The van der Waals surface area contributed by atoms with Crippen LogP contribution in [-0.4, -0.2) is 65.3 Å². The Morgan fingerprint density at radius 1 is 1.37 bits per heavy atom. The predicted octanol–water partition coefficient (Wildman–Crippen LogP) is 1.26. The minimum Gasteiger partial charge on any atom is -0.480 e. The molecule has 0 spiro atoms. The lowest BCUT2D eigenvalue weighted by atomic mass is 10.1. The topological polar surface area (TPSA) is 70.1 Å². The van der Waals surface area contributed by atoms with Gasteiger partial charge < -0.3 is 19.6 Å². The molecule has 1 heterocycles. The molecule has 1 aliphatic rings. The summed E-state index contributed by atoms with van der Waals surface area (Å²) in [5, 5.41) is 9.17. The number of hydrogen-bond donors (Lipinski definition) is 1. The van der Waals surface area contributed by atoms with Gasteiger partial charge in [-0.1, -0.05) is 13.8 Å². The summed E-state index contributed by atoms with van der Waals surface area (Å²) in [7, 11) is 0. The number of urea groups is 1. The number of carbonyl (C=O) groups excluding carboxylic acids is 1. The molecule has 1 N–H and O–H groups in total. The van der Waals surface area contributed by atoms with Gasteiger partial charge in [-0.05, 0) is 19.8 Å². The number of amides is 2. The highest BCUT2D eigenvalue weighted by Gasteiger charge is 2.35. The molecule has 2 amide bonds. The monoisotopic (exact) mass is 272 g/mol. The Labute approximate surface area is 114 Å². The highest BCUT2D eigenvalue weighted by molar-refractivity contribution is 5.83. The van der Waals surface area contributed by atoms with Crippen molar-refractivity contribution in [2.45, 2.75) is 39.8 Å². The van der Waals surface area contributed by atoms with Gasteiger partial charge >= 0.3 is 12.0 Å². The predicted molar refractivity (Wildman–Crippen MR) is 71.0 cm³/mol. The summed E-state index contributed by atoms with van der Waals surface area (Å²) in [6.45, 7) is 9.37. The average molecular weight is 272 g/mol. The van der Waals surface area contributed by atoms with Crippen molar-refractivity contribution in [3.05, 3.63) is 0 Å². The largest absolute Gasteiger partial charge is 0.480 e.